The van der Waals surface area contributed by atoms with Crippen LogP contribution in [0, 0.1) is 5.82 Å². The van der Waals surface area contributed by atoms with E-state index in [1.807, 2.05) is 0 Å². The fourth-order valence-corrected chi connectivity index (χ4v) is 1.90. The van der Waals surface area contributed by atoms with Crippen LogP contribution in [0.3, 0.4) is 0 Å². The molecule has 0 aliphatic carbocycles. The molecule has 0 saturated heterocycles. The molecule has 1 aromatic carbocycles. The maximum Gasteiger partial charge on any atom is 0.272 e. The number of nitrogens with one attached hydrogen (secondary N) is 2. The summed E-state index contributed by atoms with van der Waals surface area (Å²) >= 11 is 4.00. The highest BCUT2D eigenvalue weighted by atomic mass is 32.1. The number of benzene rings is 1. The van der Waals surface area contributed by atoms with E-state index >= 15 is 0 Å². The van der Waals surface area contributed by atoms with Crippen LogP contribution in [0.25, 0.3) is 0 Å². The third-order valence-electron chi connectivity index (χ3n) is 2.89. The zero-order chi connectivity index (χ0) is 16.7. The third kappa shape index (κ3) is 4.75. The van der Waals surface area contributed by atoms with Gasteiger partial charge in [0.05, 0.1) is 0 Å². The van der Waals surface area contributed by atoms with Crippen molar-refractivity contribution in [1.29, 1.82) is 0 Å². The fourth-order valence-electron chi connectivity index (χ4n) is 1.79. The molecule has 1 aromatic heterocycles. The van der Waals surface area contributed by atoms with Crippen LogP contribution in [-0.2, 0) is 6.54 Å². The molecule has 2 N–H and O–H groups in total. The highest BCUT2D eigenvalue weighted by molar-refractivity contribution is 7.80. The number of thiol groups is 1. The van der Waals surface area contributed by atoms with E-state index < -0.39 is 11.8 Å². The van der Waals surface area contributed by atoms with E-state index in [1.165, 1.54) is 24.5 Å². The van der Waals surface area contributed by atoms with Gasteiger partial charge in [-0.15, -0.1) is 0 Å². The van der Waals surface area contributed by atoms with Crippen molar-refractivity contribution in [3.63, 3.8) is 0 Å². The maximum absolute atomic E-state index is 12.8. The normalized spacial score (nSPS) is 10.2. The number of nitrogens with zero attached hydrogens (tertiary/aromatic N) is 2. The smallest absolute Gasteiger partial charge is 0.272 e. The molecule has 0 aliphatic rings. The quantitative estimate of drug-likeness (QED) is 0.693. The first-order chi connectivity index (χ1) is 11.1. The summed E-state index contributed by atoms with van der Waals surface area (Å²) in [5.74, 6) is -0.896. The summed E-state index contributed by atoms with van der Waals surface area (Å²) in [5.41, 5.74) is 0.613. The lowest BCUT2D eigenvalue weighted by Crippen LogP contribution is -2.32. The van der Waals surface area contributed by atoms with Crippen LogP contribution in [-0.4, -0.2) is 34.1 Å². The molecule has 0 unspecified atom stereocenters. The number of rotatable bonds is 6. The average Bonchev–Trinajstić information content (AvgIpc) is 2.59. The Morgan fingerprint density at radius 1 is 1.00 bits per heavy atom. The summed E-state index contributed by atoms with van der Waals surface area (Å²) in [5, 5.41) is 5.21. The molecule has 2 rings (SSSR count). The van der Waals surface area contributed by atoms with E-state index in [-0.39, 0.29) is 23.7 Å². The van der Waals surface area contributed by atoms with Gasteiger partial charge in [-0.25, -0.2) is 14.4 Å². The second-order valence-corrected chi connectivity index (χ2v) is 4.99. The molecule has 0 spiro atoms. The Labute approximate surface area is 137 Å². The van der Waals surface area contributed by atoms with Gasteiger partial charge in [-0.2, -0.15) is 12.6 Å². The predicted octanol–water partition coefficient (Wildman–Crippen LogP) is 1.21. The topological polar surface area (TPSA) is 84.0 Å². The van der Waals surface area contributed by atoms with Crippen molar-refractivity contribution in [3.8, 4) is 0 Å². The van der Waals surface area contributed by atoms with Crippen LogP contribution >= 0.6 is 12.6 Å². The molecule has 6 nitrogen and oxygen atoms in total. The van der Waals surface area contributed by atoms with E-state index in [9.17, 15) is 14.0 Å². The van der Waals surface area contributed by atoms with Gasteiger partial charge in [0.15, 0.2) is 11.4 Å². The Morgan fingerprint density at radius 2 is 1.57 bits per heavy atom. The number of hydrogen-bond acceptors (Lipinski definition) is 5. The van der Waals surface area contributed by atoms with Crippen molar-refractivity contribution in [3.05, 3.63) is 59.4 Å². The molecule has 1 heterocycles. The van der Waals surface area contributed by atoms with Crippen molar-refractivity contribution < 1.29 is 14.0 Å². The highest BCUT2D eigenvalue weighted by Crippen LogP contribution is 2.05. The SMILES string of the molecule is O=C(NCCS)c1nccnc1C(=O)NCc1ccc(F)cc1. The molecule has 8 heteroatoms. The summed E-state index contributed by atoms with van der Waals surface area (Å²) in [7, 11) is 0. The number of carbonyl (C=O) groups is 2. The molecular formula is C15H15FN4O2S. The lowest BCUT2D eigenvalue weighted by atomic mass is 10.2. The molecule has 0 atom stereocenters. The van der Waals surface area contributed by atoms with Crippen LogP contribution in [0.4, 0.5) is 4.39 Å². The van der Waals surface area contributed by atoms with Crippen LogP contribution < -0.4 is 10.6 Å². The number of halogens is 1. The summed E-state index contributed by atoms with van der Waals surface area (Å²) in [6.07, 6.45) is 2.68. The average molecular weight is 334 g/mol. The predicted molar refractivity (Wildman–Crippen MR) is 85.8 cm³/mol. The summed E-state index contributed by atoms with van der Waals surface area (Å²) in [6.45, 7) is 0.544. The number of aromatic nitrogens is 2. The number of carbonyl (C=O) groups excluding carboxylic acids is 2. The molecule has 23 heavy (non-hydrogen) atoms. The van der Waals surface area contributed by atoms with E-state index in [0.29, 0.717) is 12.3 Å². The first-order valence-corrected chi connectivity index (χ1v) is 7.47. The van der Waals surface area contributed by atoms with Crippen LogP contribution in [0.2, 0.25) is 0 Å². The van der Waals surface area contributed by atoms with Gasteiger partial charge >= 0.3 is 0 Å². The Kier molecular flexibility index (Phi) is 6.04. The van der Waals surface area contributed by atoms with Crippen LogP contribution in [0.1, 0.15) is 26.5 Å². The van der Waals surface area contributed by atoms with Gasteiger partial charge in [0.2, 0.25) is 0 Å². The Balaban J connectivity index is 2.07. The van der Waals surface area contributed by atoms with Gasteiger partial charge in [0, 0.05) is 31.2 Å². The van der Waals surface area contributed by atoms with Crippen LogP contribution in [0.5, 0.6) is 0 Å². The summed E-state index contributed by atoms with van der Waals surface area (Å²) in [4.78, 5) is 32.0. The van der Waals surface area contributed by atoms with Gasteiger partial charge in [0.25, 0.3) is 11.8 Å². The molecule has 0 radical (unpaired) electrons. The fraction of sp³-hybridized carbons (Fsp3) is 0.200. The number of amides is 2. The molecular weight excluding hydrogens is 319 g/mol. The molecule has 120 valence electrons. The molecule has 2 aromatic rings. The van der Waals surface area contributed by atoms with Crippen molar-refractivity contribution >= 4 is 24.4 Å². The minimum atomic E-state index is -0.529. The molecule has 0 saturated carbocycles. The van der Waals surface area contributed by atoms with Gasteiger partial charge in [-0.1, -0.05) is 12.1 Å². The van der Waals surface area contributed by atoms with E-state index in [2.05, 4.69) is 33.2 Å². The second kappa shape index (κ2) is 8.23. The van der Waals surface area contributed by atoms with E-state index in [0.717, 1.165) is 5.56 Å². The first kappa shape index (κ1) is 16.9. The van der Waals surface area contributed by atoms with Crippen LogP contribution in [0.15, 0.2) is 36.7 Å². The van der Waals surface area contributed by atoms with Crippen molar-refractivity contribution in [2.75, 3.05) is 12.3 Å². The minimum absolute atomic E-state index is 0.0501. The monoisotopic (exact) mass is 334 g/mol. The standard InChI is InChI=1S/C15H15FN4O2S/c16-11-3-1-10(2-4-11)9-20-15(22)13-12(17-5-6-18-13)14(21)19-7-8-23/h1-6,23H,7-9H2,(H,19,21)(H,20,22). The second-order valence-electron chi connectivity index (χ2n) is 4.54. The van der Waals surface area contributed by atoms with Gasteiger partial charge in [0.1, 0.15) is 5.82 Å². The third-order valence-corrected chi connectivity index (χ3v) is 3.12. The maximum atomic E-state index is 12.8. The van der Waals surface area contributed by atoms with Crippen molar-refractivity contribution in [1.82, 2.24) is 20.6 Å². The Bertz CT molecular complexity index is 694. The summed E-state index contributed by atoms with van der Waals surface area (Å²) in [6, 6.07) is 5.74. The Morgan fingerprint density at radius 3 is 2.13 bits per heavy atom. The number of hydrogen-bond donors (Lipinski definition) is 3. The molecule has 0 bridgehead atoms. The van der Waals surface area contributed by atoms with Gasteiger partial charge in [-0.3, -0.25) is 9.59 Å². The lowest BCUT2D eigenvalue weighted by Gasteiger charge is -2.08. The molecule has 0 fully saturated rings. The molecule has 2 amide bonds. The zero-order valence-corrected chi connectivity index (χ0v) is 13.0. The van der Waals surface area contributed by atoms with Gasteiger partial charge < -0.3 is 10.6 Å². The lowest BCUT2D eigenvalue weighted by molar-refractivity contribution is 0.0911. The first-order valence-electron chi connectivity index (χ1n) is 6.84. The minimum Gasteiger partial charge on any atom is -0.350 e. The largest absolute Gasteiger partial charge is 0.350 e. The Hall–Kier alpha value is -2.48. The van der Waals surface area contributed by atoms with Crippen molar-refractivity contribution in [2.24, 2.45) is 0 Å². The van der Waals surface area contributed by atoms with E-state index in [4.69, 9.17) is 0 Å². The zero-order valence-electron chi connectivity index (χ0n) is 12.1. The molecule has 0 aliphatic heterocycles. The summed E-state index contributed by atoms with van der Waals surface area (Å²) < 4.78 is 12.8. The van der Waals surface area contributed by atoms with E-state index in [1.54, 1.807) is 12.1 Å². The highest BCUT2D eigenvalue weighted by Gasteiger charge is 2.19. The van der Waals surface area contributed by atoms with Gasteiger partial charge in [-0.05, 0) is 17.7 Å². The van der Waals surface area contributed by atoms with Crippen molar-refractivity contribution in [2.45, 2.75) is 6.54 Å².